The molecule has 1 heteroatoms. The normalized spacial score (nSPS) is 30.5. The highest BCUT2D eigenvalue weighted by Gasteiger charge is 2.00. The fraction of sp³-hybridized carbons (Fsp3) is 0.600. The first-order valence-corrected chi connectivity index (χ1v) is 2.20. The van der Waals surface area contributed by atoms with Gasteiger partial charge in [0.25, 0.3) is 0 Å². The van der Waals surface area contributed by atoms with E-state index in [9.17, 15) is 0 Å². The van der Waals surface area contributed by atoms with E-state index in [1.54, 1.807) is 6.26 Å². The molecular formula is C5H8O. The first-order valence-electron chi connectivity index (χ1n) is 2.20. The SMILES string of the molecule is C[C@H]1CC=CO1. The van der Waals surface area contributed by atoms with Crippen LogP contribution in [0.2, 0.25) is 0 Å². The van der Waals surface area contributed by atoms with Crippen molar-refractivity contribution in [1.29, 1.82) is 0 Å². The van der Waals surface area contributed by atoms with Crippen LogP contribution in [0.5, 0.6) is 0 Å². The summed E-state index contributed by atoms with van der Waals surface area (Å²) in [4.78, 5) is 0. The fourth-order valence-electron chi connectivity index (χ4n) is 0.492. The Hall–Kier alpha value is -0.460. The van der Waals surface area contributed by atoms with Crippen LogP contribution < -0.4 is 0 Å². The summed E-state index contributed by atoms with van der Waals surface area (Å²) in [5.74, 6) is 0. The van der Waals surface area contributed by atoms with Crippen LogP contribution in [0.25, 0.3) is 0 Å². The summed E-state index contributed by atoms with van der Waals surface area (Å²) in [5.41, 5.74) is 0. The van der Waals surface area contributed by atoms with E-state index >= 15 is 0 Å². The fourth-order valence-corrected chi connectivity index (χ4v) is 0.492. The molecule has 0 N–H and O–H groups in total. The molecule has 0 unspecified atom stereocenters. The highest BCUT2D eigenvalue weighted by atomic mass is 16.5. The second kappa shape index (κ2) is 1.33. The van der Waals surface area contributed by atoms with Gasteiger partial charge in [0.1, 0.15) is 0 Å². The van der Waals surface area contributed by atoms with E-state index in [0.717, 1.165) is 6.42 Å². The summed E-state index contributed by atoms with van der Waals surface area (Å²) in [6.07, 6.45) is 5.31. The van der Waals surface area contributed by atoms with Crippen LogP contribution in [0.4, 0.5) is 0 Å². The van der Waals surface area contributed by atoms with E-state index in [1.807, 2.05) is 6.08 Å². The van der Waals surface area contributed by atoms with Crippen molar-refractivity contribution in [3.8, 4) is 0 Å². The van der Waals surface area contributed by atoms with E-state index in [1.165, 1.54) is 0 Å². The van der Waals surface area contributed by atoms with Gasteiger partial charge in [-0.15, -0.1) is 0 Å². The van der Waals surface area contributed by atoms with Gasteiger partial charge in [0, 0.05) is 6.42 Å². The maximum absolute atomic E-state index is 4.97. The minimum atomic E-state index is 0.435. The molecule has 34 valence electrons. The second-order valence-electron chi connectivity index (χ2n) is 1.55. The largest absolute Gasteiger partial charge is 0.498 e. The Kier molecular flexibility index (Phi) is 0.825. The molecule has 1 heterocycles. The molecule has 0 aromatic heterocycles. The van der Waals surface area contributed by atoms with Gasteiger partial charge in [0.05, 0.1) is 12.4 Å². The molecule has 0 radical (unpaired) electrons. The van der Waals surface area contributed by atoms with Crippen LogP contribution in [0.3, 0.4) is 0 Å². The molecule has 1 aliphatic heterocycles. The molecule has 0 aromatic rings. The summed E-state index contributed by atoms with van der Waals surface area (Å²) in [7, 11) is 0. The van der Waals surface area contributed by atoms with Crippen LogP contribution in [0.1, 0.15) is 13.3 Å². The van der Waals surface area contributed by atoms with Gasteiger partial charge in [-0.05, 0) is 13.0 Å². The third-order valence-electron chi connectivity index (χ3n) is 0.875. The van der Waals surface area contributed by atoms with E-state index < -0.39 is 0 Å². The van der Waals surface area contributed by atoms with Gasteiger partial charge in [-0.25, -0.2) is 0 Å². The van der Waals surface area contributed by atoms with E-state index in [4.69, 9.17) is 4.74 Å². The lowest BCUT2D eigenvalue weighted by Gasteiger charge is -1.97. The van der Waals surface area contributed by atoms with Gasteiger partial charge in [-0.2, -0.15) is 0 Å². The van der Waals surface area contributed by atoms with E-state index in [0.29, 0.717) is 6.10 Å². The molecule has 1 rings (SSSR count). The third kappa shape index (κ3) is 0.534. The molecule has 0 fully saturated rings. The smallest absolute Gasteiger partial charge is 0.0985 e. The Labute approximate surface area is 37.6 Å². The number of rotatable bonds is 0. The van der Waals surface area contributed by atoms with Crippen molar-refractivity contribution in [2.75, 3.05) is 0 Å². The Morgan fingerprint density at radius 3 is 2.83 bits per heavy atom. The average Bonchev–Trinajstić information content (AvgIpc) is 1.86. The zero-order chi connectivity index (χ0) is 4.41. The highest BCUT2D eigenvalue weighted by molar-refractivity contribution is 4.83. The molecule has 0 saturated carbocycles. The molecule has 1 nitrogen and oxygen atoms in total. The van der Waals surface area contributed by atoms with E-state index in [-0.39, 0.29) is 0 Å². The number of hydrogen-bond acceptors (Lipinski definition) is 1. The summed E-state index contributed by atoms with van der Waals surface area (Å²) in [6.45, 7) is 2.06. The van der Waals surface area contributed by atoms with Gasteiger partial charge in [-0.3, -0.25) is 0 Å². The topological polar surface area (TPSA) is 9.23 Å². The Balaban J connectivity index is 2.32. The highest BCUT2D eigenvalue weighted by Crippen LogP contribution is 2.05. The molecule has 0 amide bonds. The summed E-state index contributed by atoms with van der Waals surface area (Å²) >= 11 is 0. The molecule has 0 spiro atoms. The van der Waals surface area contributed by atoms with Crippen molar-refractivity contribution in [1.82, 2.24) is 0 Å². The minimum Gasteiger partial charge on any atom is -0.498 e. The van der Waals surface area contributed by atoms with Crippen LogP contribution in [-0.2, 0) is 4.74 Å². The molecule has 0 saturated heterocycles. The van der Waals surface area contributed by atoms with Crippen molar-refractivity contribution in [2.45, 2.75) is 19.4 Å². The minimum absolute atomic E-state index is 0.435. The van der Waals surface area contributed by atoms with Crippen LogP contribution >= 0.6 is 0 Å². The molecule has 1 aliphatic rings. The van der Waals surface area contributed by atoms with Crippen molar-refractivity contribution in [3.05, 3.63) is 12.3 Å². The van der Waals surface area contributed by atoms with Crippen molar-refractivity contribution in [2.24, 2.45) is 0 Å². The lowest BCUT2D eigenvalue weighted by Crippen LogP contribution is -1.93. The predicted octanol–water partition coefficient (Wildman–Crippen LogP) is 1.31. The molecule has 6 heavy (non-hydrogen) atoms. The maximum atomic E-state index is 4.97. The summed E-state index contributed by atoms with van der Waals surface area (Å²) in [6, 6.07) is 0. The lowest BCUT2D eigenvalue weighted by molar-refractivity contribution is 0.189. The van der Waals surface area contributed by atoms with Gasteiger partial charge in [0.2, 0.25) is 0 Å². The molecule has 0 bridgehead atoms. The lowest BCUT2D eigenvalue weighted by atomic mass is 10.3. The third-order valence-corrected chi connectivity index (χ3v) is 0.875. The van der Waals surface area contributed by atoms with Crippen molar-refractivity contribution in [3.63, 3.8) is 0 Å². The van der Waals surface area contributed by atoms with Crippen LogP contribution in [-0.4, -0.2) is 6.10 Å². The second-order valence-corrected chi connectivity index (χ2v) is 1.55. The van der Waals surface area contributed by atoms with E-state index in [2.05, 4.69) is 6.92 Å². The van der Waals surface area contributed by atoms with Crippen LogP contribution in [0, 0.1) is 0 Å². The van der Waals surface area contributed by atoms with Crippen molar-refractivity contribution >= 4 is 0 Å². The average molecular weight is 84.1 g/mol. The Bertz CT molecular complexity index is 58.3. The molecule has 0 aliphatic carbocycles. The first kappa shape index (κ1) is 3.72. The Morgan fingerprint density at radius 1 is 1.83 bits per heavy atom. The maximum Gasteiger partial charge on any atom is 0.0985 e. The Morgan fingerprint density at radius 2 is 2.67 bits per heavy atom. The summed E-state index contributed by atoms with van der Waals surface area (Å²) in [5, 5.41) is 0. The zero-order valence-electron chi connectivity index (χ0n) is 3.85. The summed E-state index contributed by atoms with van der Waals surface area (Å²) < 4.78 is 4.97. The predicted molar refractivity (Wildman–Crippen MR) is 24.3 cm³/mol. The quantitative estimate of drug-likeness (QED) is 0.430. The standard InChI is InChI=1S/C5H8O/c1-5-3-2-4-6-5/h2,4-5H,3H2,1H3/t5-/m0/s1. The van der Waals surface area contributed by atoms with Gasteiger partial charge < -0.3 is 4.74 Å². The van der Waals surface area contributed by atoms with Crippen molar-refractivity contribution < 1.29 is 4.74 Å². The molecule has 1 atom stereocenters. The monoisotopic (exact) mass is 84.1 g/mol. The number of ether oxygens (including phenoxy) is 1. The molecular weight excluding hydrogens is 76.1 g/mol. The van der Waals surface area contributed by atoms with Gasteiger partial charge in [0.15, 0.2) is 0 Å². The van der Waals surface area contributed by atoms with Gasteiger partial charge >= 0.3 is 0 Å². The molecule has 0 aromatic carbocycles. The first-order chi connectivity index (χ1) is 2.89. The van der Waals surface area contributed by atoms with Gasteiger partial charge in [-0.1, -0.05) is 0 Å². The van der Waals surface area contributed by atoms with Crippen LogP contribution in [0.15, 0.2) is 12.3 Å². The number of hydrogen-bond donors (Lipinski definition) is 0. The zero-order valence-corrected chi connectivity index (χ0v) is 3.85.